The minimum absolute atomic E-state index is 0.0496. The minimum atomic E-state index is -0.199. The summed E-state index contributed by atoms with van der Waals surface area (Å²) in [6.07, 6.45) is 3.71. The van der Waals surface area contributed by atoms with Crippen molar-refractivity contribution in [3.8, 4) is 0 Å². The lowest BCUT2D eigenvalue weighted by Crippen LogP contribution is -2.26. The summed E-state index contributed by atoms with van der Waals surface area (Å²) in [5.41, 5.74) is 0.959. The third kappa shape index (κ3) is 1.56. The second-order valence-corrected chi connectivity index (χ2v) is 6.47. The van der Waals surface area contributed by atoms with Gasteiger partial charge in [-0.2, -0.15) is 0 Å². The van der Waals surface area contributed by atoms with Crippen LogP contribution in [0.5, 0.6) is 0 Å². The van der Waals surface area contributed by atoms with E-state index in [1.807, 2.05) is 0 Å². The van der Waals surface area contributed by atoms with E-state index in [4.69, 9.17) is 4.74 Å². The van der Waals surface area contributed by atoms with Crippen LogP contribution >= 0.6 is 0 Å². The van der Waals surface area contributed by atoms with Crippen molar-refractivity contribution in [1.82, 2.24) is 0 Å². The fourth-order valence-electron chi connectivity index (χ4n) is 4.25. The Morgan fingerprint density at radius 3 is 2.94 bits per heavy atom. The Kier molecular flexibility index (Phi) is 2.45. The van der Waals surface area contributed by atoms with E-state index in [2.05, 4.69) is 13.5 Å². The van der Waals surface area contributed by atoms with Crippen molar-refractivity contribution < 1.29 is 14.3 Å². The zero-order chi connectivity index (χ0) is 13.1. The summed E-state index contributed by atoms with van der Waals surface area (Å²) in [5.74, 6) is 1.61. The van der Waals surface area contributed by atoms with Crippen molar-refractivity contribution in [1.29, 1.82) is 0 Å². The van der Waals surface area contributed by atoms with E-state index in [9.17, 15) is 9.59 Å². The lowest BCUT2D eigenvalue weighted by molar-refractivity contribution is -0.140. The third-order valence-corrected chi connectivity index (χ3v) is 5.44. The standard InChI is InChI=1S/C15H20O3/c1-8(16)4-5-11-12-6-10-9(2)14(17)18-13(10)7-15(11,12)3/h10-13H,2,4-7H2,1,3H3/t10-,11-,12-,13-,15+/m1/s1. The number of hydrogen-bond donors (Lipinski definition) is 0. The molecule has 1 heterocycles. The summed E-state index contributed by atoms with van der Waals surface area (Å²) < 4.78 is 5.41. The highest BCUT2D eigenvalue weighted by Gasteiger charge is 2.66. The van der Waals surface area contributed by atoms with Gasteiger partial charge in [-0.1, -0.05) is 13.5 Å². The van der Waals surface area contributed by atoms with E-state index in [0.29, 0.717) is 29.2 Å². The smallest absolute Gasteiger partial charge is 0.334 e. The molecule has 2 saturated carbocycles. The van der Waals surface area contributed by atoms with Gasteiger partial charge in [0.1, 0.15) is 11.9 Å². The molecule has 0 bridgehead atoms. The van der Waals surface area contributed by atoms with Gasteiger partial charge >= 0.3 is 5.97 Å². The van der Waals surface area contributed by atoms with Gasteiger partial charge in [0, 0.05) is 17.9 Å². The summed E-state index contributed by atoms with van der Waals surface area (Å²) >= 11 is 0. The van der Waals surface area contributed by atoms with Crippen LogP contribution in [-0.2, 0) is 14.3 Å². The molecule has 0 aromatic heterocycles. The molecule has 0 spiro atoms. The molecule has 3 nitrogen and oxygen atoms in total. The summed E-state index contributed by atoms with van der Waals surface area (Å²) in [5, 5.41) is 0. The van der Waals surface area contributed by atoms with Gasteiger partial charge in [0.05, 0.1) is 0 Å². The van der Waals surface area contributed by atoms with Crippen LogP contribution in [0, 0.1) is 23.2 Å². The largest absolute Gasteiger partial charge is 0.458 e. The first-order valence-corrected chi connectivity index (χ1v) is 6.82. The highest BCUT2D eigenvalue weighted by Crippen LogP contribution is 2.70. The lowest BCUT2D eigenvalue weighted by Gasteiger charge is -2.27. The molecule has 3 heteroatoms. The minimum Gasteiger partial charge on any atom is -0.458 e. The third-order valence-electron chi connectivity index (χ3n) is 5.44. The van der Waals surface area contributed by atoms with Crippen molar-refractivity contribution in [2.24, 2.45) is 23.2 Å². The van der Waals surface area contributed by atoms with Crippen molar-refractivity contribution in [3.05, 3.63) is 12.2 Å². The molecule has 3 fully saturated rings. The maximum atomic E-state index is 11.5. The van der Waals surface area contributed by atoms with E-state index >= 15 is 0 Å². The van der Waals surface area contributed by atoms with E-state index in [-0.39, 0.29) is 23.8 Å². The molecule has 0 aromatic carbocycles. The Morgan fingerprint density at radius 2 is 2.28 bits per heavy atom. The molecule has 0 radical (unpaired) electrons. The van der Waals surface area contributed by atoms with Gasteiger partial charge in [-0.05, 0) is 43.4 Å². The summed E-state index contributed by atoms with van der Waals surface area (Å²) in [4.78, 5) is 22.6. The monoisotopic (exact) mass is 248 g/mol. The molecular weight excluding hydrogens is 228 g/mol. The van der Waals surface area contributed by atoms with Gasteiger partial charge in [-0.25, -0.2) is 4.79 Å². The summed E-state index contributed by atoms with van der Waals surface area (Å²) in [6.45, 7) is 7.81. The summed E-state index contributed by atoms with van der Waals surface area (Å²) in [7, 11) is 0. The number of carbonyl (C=O) groups excluding carboxylic acids is 2. The van der Waals surface area contributed by atoms with Crippen LogP contribution in [0.15, 0.2) is 12.2 Å². The molecule has 3 rings (SSSR count). The predicted octanol–water partition coefficient (Wildman–Crippen LogP) is 2.50. The van der Waals surface area contributed by atoms with Crippen molar-refractivity contribution in [3.63, 3.8) is 0 Å². The number of ether oxygens (including phenoxy) is 1. The molecule has 1 saturated heterocycles. The number of carbonyl (C=O) groups is 2. The molecule has 0 amide bonds. The fraction of sp³-hybridized carbons (Fsp3) is 0.733. The Hall–Kier alpha value is -1.12. The normalized spacial score (nSPS) is 45.2. The van der Waals surface area contributed by atoms with Crippen LogP contribution in [0.1, 0.15) is 39.5 Å². The molecule has 98 valence electrons. The number of rotatable bonds is 3. The Labute approximate surface area is 108 Å². The second-order valence-electron chi connectivity index (χ2n) is 6.47. The van der Waals surface area contributed by atoms with Crippen molar-refractivity contribution in [2.45, 2.75) is 45.6 Å². The first-order valence-electron chi connectivity index (χ1n) is 6.82. The highest BCUT2D eigenvalue weighted by atomic mass is 16.6. The average Bonchev–Trinajstić information content (AvgIpc) is 2.77. The Balaban J connectivity index is 1.69. The quantitative estimate of drug-likeness (QED) is 0.569. The molecule has 0 aromatic rings. The molecule has 1 aliphatic heterocycles. The maximum absolute atomic E-state index is 11.5. The predicted molar refractivity (Wildman–Crippen MR) is 66.7 cm³/mol. The SMILES string of the molecule is C=C1C(=O)O[C@@H]2C[C@@]3(C)[C@H](CCC(C)=O)[C@H]3C[C@H]12. The molecule has 5 atom stereocenters. The van der Waals surface area contributed by atoms with E-state index < -0.39 is 0 Å². The fourth-order valence-corrected chi connectivity index (χ4v) is 4.25. The van der Waals surface area contributed by atoms with Crippen molar-refractivity contribution >= 4 is 11.8 Å². The van der Waals surface area contributed by atoms with Crippen LogP contribution in [0.2, 0.25) is 0 Å². The molecule has 0 N–H and O–H groups in total. The van der Waals surface area contributed by atoms with Gasteiger partial charge < -0.3 is 9.53 Å². The van der Waals surface area contributed by atoms with Crippen LogP contribution < -0.4 is 0 Å². The van der Waals surface area contributed by atoms with Crippen LogP contribution in [0.25, 0.3) is 0 Å². The molecule has 18 heavy (non-hydrogen) atoms. The maximum Gasteiger partial charge on any atom is 0.334 e. The topological polar surface area (TPSA) is 43.4 Å². The number of fused-ring (bicyclic) bond motifs is 2. The number of esters is 1. The molecule has 0 unspecified atom stereocenters. The second kappa shape index (κ2) is 3.69. The highest BCUT2D eigenvalue weighted by molar-refractivity contribution is 5.90. The van der Waals surface area contributed by atoms with E-state index in [1.54, 1.807) is 6.92 Å². The van der Waals surface area contributed by atoms with Crippen LogP contribution in [-0.4, -0.2) is 17.9 Å². The van der Waals surface area contributed by atoms with Crippen molar-refractivity contribution in [2.75, 3.05) is 0 Å². The molecule has 3 aliphatic rings. The van der Waals surface area contributed by atoms with Crippen LogP contribution in [0.4, 0.5) is 0 Å². The van der Waals surface area contributed by atoms with Gasteiger partial charge in [0.2, 0.25) is 0 Å². The Bertz CT molecular complexity index is 439. The number of ketones is 1. The van der Waals surface area contributed by atoms with Crippen LogP contribution in [0.3, 0.4) is 0 Å². The zero-order valence-corrected chi connectivity index (χ0v) is 11.1. The average molecular weight is 248 g/mol. The van der Waals surface area contributed by atoms with Gasteiger partial charge in [0.15, 0.2) is 0 Å². The van der Waals surface area contributed by atoms with Gasteiger partial charge in [0.25, 0.3) is 0 Å². The first-order chi connectivity index (χ1) is 8.43. The van der Waals surface area contributed by atoms with E-state index in [0.717, 1.165) is 19.3 Å². The first kappa shape index (κ1) is 11.9. The summed E-state index contributed by atoms with van der Waals surface area (Å²) in [6, 6.07) is 0. The zero-order valence-electron chi connectivity index (χ0n) is 11.1. The van der Waals surface area contributed by atoms with Gasteiger partial charge in [-0.15, -0.1) is 0 Å². The lowest BCUT2D eigenvalue weighted by atomic mass is 9.79. The molecule has 2 aliphatic carbocycles. The van der Waals surface area contributed by atoms with E-state index in [1.165, 1.54) is 0 Å². The number of Topliss-reactive ketones (excluding diaryl/α,β-unsaturated/α-hetero) is 1. The van der Waals surface area contributed by atoms with Gasteiger partial charge in [-0.3, -0.25) is 0 Å². The Morgan fingerprint density at radius 1 is 1.56 bits per heavy atom. The molecular formula is C15H20O3. The number of hydrogen-bond acceptors (Lipinski definition) is 3.